The number of nitrogens with one attached hydrogen (secondary N) is 1. The minimum absolute atomic E-state index is 0.421. The molecule has 0 saturated heterocycles. The van der Waals surface area contributed by atoms with Crippen LogP contribution < -0.4 is 5.48 Å². The first-order valence-corrected chi connectivity index (χ1v) is 10.5. The maximum atomic E-state index is 11.6. The first kappa shape index (κ1) is 19.3. The van der Waals surface area contributed by atoms with Crippen molar-refractivity contribution in [1.82, 2.24) is 15.3 Å². The van der Waals surface area contributed by atoms with Crippen molar-refractivity contribution in [3.63, 3.8) is 0 Å². The van der Waals surface area contributed by atoms with E-state index >= 15 is 0 Å². The highest BCUT2D eigenvalue weighted by Gasteiger charge is 2.24. The molecule has 5 heteroatoms. The number of aryl methyl sites for hydroxylation is 1. The fraction of sp³-hybridized carbons (Fsp3) is 0.154. The number of carbonyl (C=O) groups excluding carboxylic acids is 1. The summed E-state index contributed by atoms with van der Waals surface area (Å²) in [5.41, 5.74) is 10.7. The molecule has 1 heterocycles. The number of hydrogen-bond acceptors (Lipinski definition) is 3. The molecule has 0 bridgehead atoms. The smallest absolute Gasteiger partial charge is 0.274 e. The number of rotatable bonds is 5. The maximum Gasteiger partial charge on any atom is 0.274 e. The molecule has 1 aliphatic carbocycles. The highest BCUT2D eigenvalue weighted by molar-refractivity contribution is 5.93. The molecule has 0 saturated carbocycles. The van der Waals surface area contributed by atoms with Gasteiger partial charge in [-0.1, -0.05) is 66.7 Å². The van der Waals surface area contributed by atoms with E-state index in [1.165, 1.54) is 27.9 Å². The number of amides is 1. The number of fused-ring (bicyclic) bond motifs is 3. The van der Waals surface area contributed by atoms with Gasteiger partial charge in [0.1, 0.15) is 0 Å². The SMILES string of the molecule is O=C(NO)c1ccc(Cn2nc3c(c2Cc2ccccc2)CCc2ccccc2-3)cc1. The summed E-state index contributed by atoms with van der Waals surface area (Å²) in [5, 5.41) is 13.9. The van der Waals surface area contributed by atoms with E-state index in [-0.39, 0.29) is 0 Å². The van der Waals surface area contributed by atoms with Gasteiger partial charge in [-0.05, 0) is 41.7 Å². The first-order chi connectivity index (χ1) is 15.2. The summed E-state index contributed by atoms with van der Waals surface area (Å²) in [6.45, 7) is 0.623. The first-order valence-electron chi connectivity index (χ1n) is 10.5. The molecule has 5 rings (SSSR count). The van der Waals surface area contributed by atoms with E-state index < -0.39 is 5.91 Å². The van der Waals surface area contributed by atoms with Crippen LogP contribution in [0.5, 0.6) is 0 Å². The van der Waals surface area contributed by atoms with Crippen LogP contribution in [0.3, 0.4) is 0 Å². The summed E-state index contributed by atoms with van der Waals surface area (Å²) in [5.74, 6) is -0.512. The lowest BCUT2D eigenvalue weighted by Gasteiger charge is -2.16. The number of hydrogen-bond donors (Lipinski definition) is 2. The normalized spacial score (nSPS) is 12.2. The van der Waals surface area contributed by atoms with Crippen molar-refractivity contribution in [3.05, 3.63) is 112 Å². The standard InChI is InChI=1S/C26H23N3O2/c30-26(28-31)21-12-10-19(11-13-21)17-29-24(16-18-6-2-1-3-7-18)23-15-14-20-8-4-5-9-22(20)25(23)27-29/h1-13,31H,14-17H2,(H,28,30). The number of benzene rings is 3. The van der Waals surface area contributed by atoms with Crippen LogP contribution in [0.1, 0.15) is 38.3 Å². The molecule has 1 aromatic heterocycles. The summed E-state index contributed by atoms with van der Waals surface area (Å²) in [6, 6.07) is 26.3. The van der Waals surface area contributed by atoms with Crippen LogP contribution in [-0.4, -0.2) is 20.9 Å². The summed E-state index contributed by atoms with van der Waals surface area (Å²) in [4.78, 5) is 11.6. The average molecular weight is 409 g/mol. The number of hydroxylamine groups is 1. The third kappa shape index (κ3) is 3.76. The van der Waals surface area contributed by atoms with Crippen LogP contribution in [-0.2, 0) is 25.8 Å². The second-order valence-electron chi connectivity index (χ2n) is 7.89. The number of carbonyl (C=O) groups is 1. The topological polar surface area (TPSA) is 67.2 Å². The van der Waals surface area contributed by atoms with Crippen molar-refractivity contribution in [1.29, 1.82) is 0 Å². The molecule has 0 fully saturated rings. The zero-order valence-electron chi connectivity index (χ0n) is 17.1. The predicted molar refractivity (Wildman–Crippen MR) is 119 cm³/mol. The van der Waals surface area contributed by atoms with Crippen molar-refractivity contribution < 1.29 is 10.0 Å². The molecule has 1 aliphatic rings. The Morgan fingerprint density at radius 2 is 1.65 bits per heavy atom. The lowest BCUT2D eigenvalue weighted by Crippen LogP contribution is -2.18. The van der Waals surface area contributed by atoms with Crippen molar-refractivity contribution in [3.8, 4) is 11.3 Å². The lowest BCUT2D eigenvalue weighted by molar-refractivity contribution is 0.0706. The molecule has 4 aromatic rings. The van der Waals surface area contributed by atoms with E-state index in [0.717, 1.165) is 30.5 Å². The predicted octanol–water partition coefficient (Wildman–Crippen LogP) is 4.41. The summed E-state index contributed by atoms with van der Waals surface area (Å²) in [7, 11) is 0. The summed E-state index contributed by atoms with van der Waals surface area (Å²) >= 11 is 0. The van der Waals surface area contributed by atoms with Gasteiger partial charge in [-0.2, -0.15) is 5.10 Å². The Hall–Kier alpha value is -3.70. The Kier molecular flexibility index (Phi) is 5.10. The van der Waals surface area contributed by atoms with Gasteiger partial charge >= 0.3 is 0 Å². The third-order valence-corrected chi connectivity index (χ3v) is 5.95. The van der Waals surface area contributed by atoms with Crippen LogP contribution in [0.15, 0.2) is 78.9 Å². The highest BCUT2D eigenvalue weighted by Crippen LogP contribution is 2.35. The van der Waals surface area contributed by atoms with Gasteiger partial charge < -0.3 is 0 Å². The van der Waals surface area contributed by atoms with E-state index in [9.17, 15) is 4.79 Å². The number of aromatic nitrogens is 2. The second-order valence-corrected chi connectivity index (χ2v) is 7.89. The minimum atomic E-state index is -0.512. The van der Waals surface area contributed by atoms with Crippen LogP contribution in [0.25, 0.3) is 11.3 Å². The van der Waals surface area contributed by atoms with Gasteiger partial charge in [0.2, 0.25) is 0 Å². The lowest BCUT2D eigenvalue weighted by atomic mass is 9.88. The summed E-state index contributed by atoms with van der Waals surface area (Å²) < 4.78 is 2.11. The zero-order chi connectivity index (χ0) is 21.2. The molecule has 0 aliphatic heterocycles. The van der Waals surface area contributed by atoms with Crippen molar-refractivity contribution in [2.45, 2.75) is 25.8 Å². The van der Waals surface area contributed by atoms with Crippen LogP contribution in [0.2, 0.25) is 0 Å². The van der Waals surface area contributed by atoms with Gasteiger partial charge in [0.25, 0.3) is 5.91 Å². The summed E-state index contributed by atoms with van der Waals surface area (Å²) in [6.07, 6.45) is 2.85. The Morgan fingerprint density at radius 1 is 0.903 bits per heavy atom. The monoisotopic (exact) mass is 409 g/mol. The quantitative estimate of drug-likeness (QED) is 0.379. The molecule has 0 radical (unpaired) electrons. The average Bonchev–Trinajstić information content (AvgIpc) is 3.17. The maximum absolute atomic E-state index is 11.6. The van der Waals surface area contributed by atoms with Crippen molar-refractivity contribution >= 4 is 5.91 Å². The second kappa shape index (κ2) is 8.20. The molecule has 5 nitrogen and oxygen atoms in total. The molecule has 154 valence electrons. The van der Waals surface area contributed by atoms with Crippen LogP contribution in [0, 0.1) is 0 Å². The molecule has 0 spiro atoms. The third-order valence-electron chi connectivity index (χ3n) is 5.95. The van der Waals surface area contributed by atoms with Crippen molar-refractivity contribution in [2.24, 2.45) is 0 Å². The fourth-order valence-electron chi connectivity index (χ4n) is 4.36. The Morgan fingerprint density at radius 3 is 2.42 bits per heavy atom. The van der Waals surface area contributed by atoms with E-state index in [2.05, 4.69) is 53.2 Å². The van der Waals surface area contributed by atoms with E-state index in [4.69, 9.17) is 10.3 Å². The van der Waals surface area contributed by atoms with Gasteiger partial charge in [0.05, 0.1) is 12.2 Å². The molecule has 0 unspecified atom stereocenters. The Labute approximate surface area is 180 Å². The molecule has 2 N–H and O–H groups in total. The zero-order valence-corrected chi connectivity index (χ0v) is 17.1. The van der Waals surface area contributed by atoms with E-state index in [1.54, 1.807) is 17.6 Å². The molecule has 31 heavy (non-hydrogen) atoms. The van der Waals surface area contributed by atoms with E-state index in [0.29, 0.717) is 12.1 Å². The molecular formula is C26H23N3O2. The van der Waals surface area contributed by atoms with Gasteiger partial charge in [-0.3, -0.25) is 14.7 Å². The molecular weight excluding hydrogens is 386 g/mol. The van der Waals surface area contributed by atoms with Gasteiger partial charge in [0, 0.05) is 28.8 Å². The molecule has 3 aromatic carbocycles. The van der Waals surface area contributed by atoms with Crippen molar-refractivity contribution in [2.75, 3.05) is 0 Å². The Balaban J connectivity index is 1.55. The molecule has 1 amide bonds. The fourth-order valence-corrected chi connectivity index (χ4v) is 4.36. The van der Waals surface area contributed by atoms with Gasteiger partial charge in [0.15, 0.2) is 0 Å². The highest BCUT2D eigenvalue weighted by atomic mass is 16.5. The van der Waals surface area contributed by atoms with Crippen LogP contribution in [0.4, 0.5) is 0 Å². The van der Waals surface area contributed by atoms with E-state index in [1.807, 2.05) is 18.2 Å². The van der Waals surface area contributed by atoms with Crippen LogP contribution >= 0.6 is 0 Å². The van der Waals surface area contributed by atoms with Gasteiger partial charge in [-0.25, -0.2) is 5.48 Å². The Bertz CT molecular complexity index is 1230. The number of nitrogens with zero attached hydrogens (tertiary/aromatic N) is 2. The molecule has 0 atom stereocenters. The largest absolute Gasteiger partial charge is 0.288 e. The van der Waals surface area contributed by atoms with Gasteiger partial charge in [-0.15, -0.1) is 0 Å². The minimum Gasteiger partial charge on any atom is -0.288 e.